The van der Waals surface area contributed by atoms with Crippen molar-refractivity contribution in [2.75, 3.05) is 12.3 Å². The fraction of sp³-hybridized carbons (Fsp3) is 0.143. The van der Waals surface area contributed by atoms with Crippen molar-refractivity contribution >= 4 is 17.9 Å². The van der Waals surface area contributed by atoms with Gasteiger partial charge < -0.3 is 10.5 Å². The van der Waals surface area contributed by atoms with E-state index in [-0.39, 0.29) is 28.6 Å². The summed E-state index contributed by atoms with van der Waals surface area (Å²) >= 11 is 0. The number of benzene rings is 2. The van der Waals surface area contributed by atoms with Gasteiger partial charge in [-0.3, -0.25) is 4.79 Å². The number of nitrogens with one attached hydrogen (secondary N) is 1. The normalized spacial score (nSPS) is 11.1. The number of carbonyl (C=O) groups excluding carboxylic acids is 1. The lowest BCUT2D eigenvalue weighted by molar-refractivity contribution is 0.0950. The Hall–Kier alpha value is -4.68. The third kappa shape index (κ3) is 4.72. The van der Waals surface area contributed by atoms with Crippen LogP contribution < -0.4 is 15.9 Å². The van der Waals surface area contributed by atoms with Crippen LogP contribution in [0, 0.1) is 11.6 Å². The number of nitrogens with zero attached hydrogens (tertiary/aromatic N) is 6. The second kappa shape index (κ2) is 9.85. The van der Waals surface area contributed by atoms with Crippen LogP contribution in [-0.4, -0.2) is 44.0 Å². The molecule has 0 aliphatic rings. The number of halogens is 2. The molecule has 2 aromatic carbocycles. The van der Waals surface area contributed by atoms with Gasteiger partial charge in [0.05, 0.1) is 12.8 Å². The highest BCUT2D eigenvalue weighted by Gasteiger charge is 2.25. The third-order valence-corrected chi connectivity index (χ3v) is 4.51. The summed E-state index contributed by atoms with van der Waals surface area (Å²) in [6.45, 7) is 2.55. The van der Waals surface area contributed by atoms with Crippen LogP contribution in [0.3, 0.4) is 0 Å². The Morgan fingerprint density at radius 2 is 2.03 bits per heavy atom. The molecule has 0 saturated carbocycles. The number of carbonyl (C=O) groups is 1. The fourth-order valence-electron chi connectivity index (χ4n) is 2.93. The predicted octanol–water partition coefficient (Wildman–Crippen LogP) is 2.73. The number of nitrogens with two attached hydrogens (primary N) is 1. The first-order chi connectivity index (χ1) is 16.5. The molecule has 34 heavy (non-hydrogen) atoms. The lowest BCUT2D eigenvalue weighted by Gasteiger charge is -2.08. The zero-order chi connectivity index (χ0) is 24.1. The summed E-state index contributed by atoms with van der Waals surface area (Å²) in [6, 6.07) is 9.82. The van der Waals surface area contributed by atoms with Gasteiger partial charge in [0.2, 0.25) is 11.6 Å². The molecule has 2 heterocycles. The van der Waals surface area contributed by atoms with Crippen molar-refractivity contribution < 1.29 is 22.9 Å². The first kappa shape index (κ1) is 22.5. The van der Waals surface area contributed by atoms with Crippen molar-refractivity contribution in [2.24, 2.45) is 5.10 Å². The van der Waals surface area contributed by atoms with E-state index in [1.807, 2.05) is 6.92 Å². The minimum absolute atomic E-state index is 0.0188. The zero-order valence-electron chi connectivity index (χ0n) is 17.8. The molecule has 4 aromatic rings. The van der Waals surface area contributed by atoms with Crippen molar-refractivity contribution in [3.63, 3.8) is 0 Å². The Bertz CT molecular complexity index is 1330. The highest BCUT2D eigenvalue weighted by atomic mass is 19.1. The van der Waals surface area contributed by atoms with E-state index in [0.717, 1.165) is 18.7 Å². The largest absolute Gasteiger partial charge is 0.494 e. The van der Waals surface area contributed by atoms with Crippen LogP contribution in [0.2, 0.25) is 0 Å². The molecule has 3 N–H and O–H groups in total. The summed E-state index contributed by atoms with van der Waals surface area (Å²) < 4.78 is 38.3. The van der Waals surface area contributed by atoms with Crippen molar-refractivity contribution in [1.82, 2.24) is 30.7 Å². The van der Waals surface area contributed by atoms with Gasteiger partial charge in [-0.1, -0.05) is 12.1 Å². The Labute approximate surface area is 191 Å². The number of hydrogen-bond acceptors (Lipinski definition) is 9. The number of amides is 1. The number of nitrogen functional groups attached to an aromatic ring is 1. The summed E-state index contributed by atoms with van der Waals surface area (Å²) in [5.41, 5.74) is 8.66. The second-order valence-electron chi connectivity index (χ2n) is 6.91. The molecule has 0 spiro atoms. The Balaban J connectivity index is 1.65. The molecule has 174 valence electrons. The highest BCUT2D eigenvalue weighted by molar-refractivity contribution is 5.98. The molecule has 2 aromatic heterocycles. The summed E-state index contributed by atoms with van der Waals surface area (Å²) in [4.78, 5) is 12.8. The Morgan fingerprint density at radius 3 is 2.71 bits per heavy atom. The van der Waals surface area contributed by atoms with Crippen LogP contribution in [0.1, 0.15) is 29.4 Å². The molecule has 1 amide bonds. The molecular formula is C21H18F2N8O3. The first-order valence-electron chi connectivity index (χ1n) is 10.0. The number of hydrazone groups is 1. The molecule has 0 unspecified atom stereocenters. The molecule has 0 radical (unpaired) electrons. The SMILES string of the molecule is CCCOc1ccc(-c2c(C(=O)N/N=C/c3ccc(F)cc3F)nnn2-c2nonc2N)cc1. The molecule has 0 fully saturated rings. The van der Waals surface area contributed by atoms with Crippen LogP contribution in [-0.2, 0) is 0 Å². The van der Waals surface area contributed by atoms with E-state index < -0.39 is 17.5 Å². The van der Waals surface area contributed by atoms with Gasteiger partial charge in [0.15, 0.2) is 5.69 Å². The summed E-state index contributed by atoms with van der Waals surface area (Å²) in [7, 11) is 0. The van der Waals surface area contributed by atoms with Gasteiger partial charge >= 0.3 is 0 Å². The lowest BCUT2D eigenvalue weighted by Crippen LogP contribution is -2.19. The van der Waals surface area contributed by atoms with Crippen LogP contribution in [0.4, 0.5) is 14.6 Å². The topological polar surface area (TPSA) is 146 Å². The van der Waals surface area contributed by atoms with E-state index in [9.17, 15) is 13.6 Å². The van der Waals surface area contributed by atoms with Crippen molar-refractivity contribution in [3.8, 4) is 22.8 Å². The zero-order valence-corrected chi connectivity index (χ0v) is 17.8. The second-order valence-corrected chi connectivity index (χ2v) is 6.91. The highest BCUT2D eigenvalue weighted by Crippen LogP contribution is 2.28. The van der Waals surface area contributed by atoms with Gasteiger partial charge in [0.25, 0.3) is 5.91 Å². The van der Waals surface area contributed by atoms with Gasteiger partial charge in [-0.25, -0.2) is 18.8 Å². The van der Waals surface area contributed by atoms with E-state index in [1.165, 1.54) is 10.7 Å². The average molecular weight is 468 g/mol. The van der Waals surface area contributed by atoms with Crippen LogP contribution >= 0.6 is 0 Å². The van der Waals surface area contributed by atoms with E-state index in [2.05, 4.69) is 35.8 Å². The number of hydrogen-bond donors (Lipinski definition) is 2. The average Bonchev–Trinajstić information content (AvgIpc) is 3.45. The maximum Gasteiger partial charge on any atom is 0.294 e. The molecule has 0 bridgehead atoms. The number of rotatable bonds is 8. The smallest absolute Gasteiger partial charge is 0.294 e. The van der Waals surface area contributed by atoms with E-state index in [4.69, 9.17) is 10.5 Å². The molecule has 11 nitrogen and oxygen atoms in total. The molecule has 0 aliphatic carbocycles. The minimum Gasteiger partial charge on any atom is -0.494 e. The van der Waals surface area contributed by atoms with Crippen LogP contribution in [0.25, 0.3) is 17.1 Å². The monoisotopic (exact) mass is 468 g/mol. The summed E-state index contributed by atoms with van der Waals surface area (Å²) in [6.07, 6.45) is 1.89. The van der Waals surface area contributed by atoms with E-state index >= 15 is 0 Å². The third-order valence-electron chi connectivity index (χ3n) is 4.51. The maximum atomic E-state index is 13.8. The molecule has 4 rings (SSSR count). The van der Waals surface area contributed by atoms with E-state index in [1.54, 1.807) is 24.3 Å². The summed E-state index contributed by atoms with van der Waals surface area (Å²) in [5, 5.41) is 18.8. The van der Waals surface area contributed by atoms with Crippen molar-refractivity contribution in [1.29, 1.82) is 0 Å². The maximum absolute atomic E-state index is 13.8. The molecular weight excluding hydrogens is 450 g/mol. The quantitative estimate of drug-likeness (QED) is 0.296. The molecule has 13 heteroatoms. The first-order valence-corrected chi connectivity index (χ1v) is 10.0. The number of anilines is 1. The van der Waals surface area contributed by atoms with Gasteiger partial charge in [-0.05, 0) is 53.1 Å². The van der Waals surface area contributed by atoms with Gasteiger partial charge in [-0.2, -0.15) is 9.78 Å². The molecule has 0 saturated heterocycles. The van der Waals surface area contributed by atoms with Gasteiger partial charge in [0.1, 0.15) is 23.1 Å². The van der Waals surface area contributed by atoms with Crippen molar-refractivity contribution in [3.05, 3.63) is 65.4 Å². The van der Waals surface area contributed by atoms with Crippen molar-refractivity contribution in [2.45, 2.75) is 13.3 Å². The van der Waals surface area contributed by atoms with E-state index in [0.29, 0.717) is 24.0 Å². The van der Waals surface area contributed by atoms with Crippen LogP contribution in [0.5, 0.6) is 5.75 Å². The molecule has 0 atom stereocenters. The fourth-order valence-corrected chi connectivity index (χ4v) is 2.93. The van der Waals surface area contributed by atoms with Gasteiger partial charge in [-0.15, -0.1) is 5.10 Å². The minimum atomic E-state index is -0.830. The lowest BCUT2D eigenvalue weighted by atomic mass is 10.1. The molecule has 0 aliphatic heterocycles. The number of aromatic nitrogens is 5. The van der Waals surface area contributed by atoms with Gasteiger partial charge in [0, 0.05) is 17.2 Å². The predicted molar refractivity (Wildman–Crippen MR) is 116 cm³/mol. The van der Waals surface area contributed by atoms with Crippen LogP contribution in [0.15, 0.2) is 52.2 Å². The summed E-state index contributed by atoms with van der Waals surface area (Å²) in [5.74, 6) is -1.70. The Kier molecular flexibility index (Phi) is 6.52. The Morgan fingerprint density at radius 1 is 1.24 bits per heavy atom. The standard InChI is InChI=1S/C21H18F2N8O3/c1-2-9-33-15-7-4-12(5-8-15)18-17(26-30-31(18)20-19(24)28-34-29-20)21(32)27-25-11-13-3-6-14(22)10-16(13)23/h3-8,10-11H,2,9H2,1H3,(H2,24,28)(H,27,32)/b25-11+. The number of ether oxygens (including phenoxy) is 1.